The van der Waals surface area contributed by atoms with E-state index in [9.17, 15) is 0 Å². The molecule has 5 heteroatoms. The molecule has 4 rings (SSSR count). The Kier molecular flexibility index (Phi) is 11.7. The number of nitrogens with zero attached hydrogens (tertiary/aromatic N) is 4. The van der Waals surface area contributed by atoms with Gasteiger partial charge in [-0.15, -0.1) is 0 Å². The summed E-state index contributed by atoms with van der Waals surface area (Å²) < 4.78 is 6.81. The highest BCUT2D eigenvalue weighted by atomic mass is 16.5. The van der Waals surface area contributed by atoms with Gasteiger partial charge < -0.3 is 24.3 Å². The Labute approximate surface area is 278 Å². The Morgan fingerprint density at radius 2 is 0.717 bits per heavy atom. The minimum absolute atomic E-state index is 0.0828. The minimum atomic E-state index is -0.274. The second-order valence-corrected chi connectivity index (χ2v) is 12.7. The zero-order chi connectivity index (χ0) is 33.4. The first-order valence-corrected chi connectivity index (χ1v) is 16.2. The predicted octanol–water partition coefficient (Wildman–Crippen LogP) is 8.70. The van der Waals surface area contributed by atoms with E-state index in [0.29, 0.717) is 0 Å². The van der Waals surface area contributed by atoms with Crippen LogP contribution in [0.25, 0.3) is 11.1 Å². The minimum Gasteiger partial charge on any atom is -0.378 e. The molecule has 0 saturated heterocycles. The lowest BCUT2D eigenvalue weighted by Crippen LogP contribution is -2.17. The third kappa shape index (κ3) is 8.82. The second-order valence-electron chi connectivity index (χ2n) is 12.7. The van der Waals surface area contributed by atoms with E-state index in [1.54, 1.807) is 0 Å². The van der Waals surface area contributed by atoms with Gasteiger partial charge >= 0.3 is 0 Å². The average Bonchev–Trinajstić information content (AvgIpc) is 3.06. The van der Waals surface area contributed by atoms with Gasteiger partial charge in [0.2, 0.25) is 0 Å². The van der Waals surface area contributed by atoms with Crippen molar-refractivity contribution in [2.45, 2.75) is 32.5 Å². The fraction of sp³-hybridized carbons (Fsp3) is 0.317. The lowest BCUT2D eigenvalue weighted by molar-refractivity contribution is 0.0473. The van der Waals surface area contributed by atoms with Crippen molar-refractivity contribution in [1.82, 2.24) is 0 Å². The molecule has 0 radical (unpaired) electrons. The summed E-state index contributed by atoms with van der Waals surface area (Å²) in [6, 6.07) is 35.2. The van der Waals surface area contributed by atoms with Gasteiger partial charge in [0.15, 0.2) is 0 Å². The normalized spacial score (nSPS) is 11.5. The van der Waals surface area contributed by atoms with Crippen LogP contribution in [0.3, 0.4) is 0 Å². The van der Waals surface area contributed by atoms with E-state index in [1.165, 1.54) is 22.7 Å². The molecular formula is C41H52N4O. The average molecular weight is 617 g/mol. The smallest absolute Gasteiger partial charge is 0.0959 e. The predicted molar refractivity (Wildman–Crippen MR) is 202 cm³/mol. The summed E-state index contributed by atoms with van der Waals surface area (Å²) in [4.78, 5) is 8.52. The van der Waals surface area contributed by atoms with Crippen molar-refractivity contribution in [3.8, 4) is 0 Å². The van der Waals surface area contributed by atoms with Gasteiger partial charge in [0.05, 0.1) is 12.2 Å². The van der Waals surface area contributed by atoms with Crippen LogP contribution in [0.1, 0.15) is 42.5 Å². The first kappa shape index (κ1) is 34.4. The molecule has 242 valence electrons. The summed E-state index contributed by atoms with van der Waals surface area (Å²) in [7, 11) is 16.6. The quantitative estimate of drug-likeness (QED) is 0.149. The Morgan fingerprint density at radius 3 is 0.913 bits per heavy atom. The lowest BCUT2D eigenvalue weighted by atomic mass is 9.92. The molecule has 1 atom stereocenters. The molecule has 1 unspecified atom stereocenters. The number of hydrogen-bond donors (Lipinski definition) is 0. The van der Waals surface area contributed by atoms with E-state index in [2.05, 4.69) is 199 Å². The Balaban J connectivity index is 1.92. The van der Waals surface area contributed by atoms with Gasteiger partial charge in [-0.3, -0.25) is 0 Å². The Bertz CT molecular complexity index is 1360. The lowest BCUT2D eigenvalue weighted by Gasteiger charge is -2.22. The van der Waals surface area contributed by atoms with Gasteiger partial charge in [0.1, 0.15) is 0 Å². The monoisotopic (exact) mass is 616 g/mol. The van der Waals surface area contributed by atoms with Crippen molar-refractivity contribution in [1.29, 1.82) is 0 Å². The molecule has 4 aromatic carbocycles. The molecule has 0 heterocycles. The largest absolute Gasteiger partial charge is 0.378 e. The van der Waals surface area contributed by atoms with Crippen molar-refractivity contribution in [3.05, 3.63) is 131 Å². The van der Waals surface area contributed by atoms with Crippen LogP contribution in [0.2, 0.25) is 0 Å². The maximum Gasteiger partial charge on any atom is 0.0959 e. The zero-order valence-electron chi connectivity index (χ0n) is 29.5. The molecular weight excluding hydrogens is 564 g/mol. The van der Waals surface area contributed by atoms with E-state index < -0.39 is 0 Å². The highest BCUT2D eigenvalue weighted by Crippen LogP contribution is 2.32. The zero-order valence-corrected chi connectivity index (χ0v) is 29.5. The molecule has 5 nitrogen and oxygen atoms in total. The molecule has 0 spiro atoms. The summed E-state index contributed by atoms with van der Waals surface area (Å²) in [6.45, 7) is 4.33. The maximum atomic E-state index is 6.81. The fourth-order valence-corrected chi connectivity index (χ4v) is 5.29. The van der Waals surface area contributed by atoms with Gasteiger partial charge in [0.25, 0.3) is 0 Å². The molecule has 46 heavy (non-hydrogen) atoms. The topological polar surface area (TPSA) is 22.2 Å². The summed E-state index contributed by atoms with van der Waals surface area (Å²) in [6.07, 6.45) is 5.32. The van der Waals surface area contributed by atoms with Crippen LogP contribution in [0.5, 0.6) is 0 Å². The van der Waals surface area contributed by atoms with Crippen molar-refractivity contribution < 1.29 is 4.74 Å². The molecule has 0 saturated carbocycles. The van der Waals surface area contributed by atoms with Crippen LogP contribution in [-0.4, -0.2) is 68.6 Å². The van der Waals surface area contributed by atoms with Crippen LogP contribution >= 0.6 is 0 Å². The molecule has 0 aliphatic heterocycles. The SMILES string of the molecule is CCC(C)OC(C=C(c1ccc(N(C)C)cc1)c1ccc(N(C)C)cc1)C=C(c1ccc(N(C)C)cc1)c1ccc(N(C)C)cc1. The van der Waals surface area contributed by atoms with E-state index in [1.807, 2.05) is 0 Å². The number of ether oxygens (including phenoxy) is 1. The second kappa shape index (κ2) is 15.7. The molecule has 0 aromatic heterocycles. The van der Waals surface area contributed by atoms with Crippen molar-refractivity contribution in [2.24, 2.45) is 0 Å². The fourth-order valence-electron chi connectivity index (χ4n) is 5.29. The van der Waals surface area contributed by atoms with Crippen LogP contribution < -0.4 is 19.6 Å². The highest BCUT2D eigenvalue weighted by molar-refractivity contribution is 5.84. The van der Waals surface area contributed by atoms with Crippen LogP contribution in [0, 0.1) is 0 Å². The number of anilines is 4. The molecule has 0 fully saturated rings. The number of benzene rings is 4. The van der Waals surface area contributed by atoms with Crippen molar-refractivity contribution in [2.75, 3.05) is 76.0 Å². The standard InChI is InChI=1S/C41H52N4O/c1-11-30(2)46-39(28-40(31-12-20-35(21-13-31)42(3)4)32-14-22-36(23-15-32)43(5)6)29-41(33-16-24-37(25-17-33)44(7)8)34-18-26-38(27-19-34)45(9)10/h12-30,39H,11H2,1-10H3. The van der Waals surface area contributed by atoms with Crippen LogP contribution in [0.15, 0.2) is 109 Å². The molecule has 0 bridgehead atoms. The summed E-state index contributed by atoms with van der Waals surface area (Å²) in [5, 5.41) is 0. The number of hydrogen-bond acceptors (Lipinski definition) is 5. The Hall–Kier alpha value is -4.48. The first-order chi connectivity index (χ1) is 22.0. The maximum absolute atomic E-state index is 6.81. The van der Waals surface area contributed by atoms with Gasteiger partial charge in [-0.25, -0.2) is 0 Å². The van der Waals surface area contributed by atoms with Crippen molar-refractivity contribution >= 4 is 33.9 Å². The number of rotatable bonds is 13. The van der Waals surface area contributed by atoms with Gasteiger partial charge in [-0.1, -0.05) is 55.5 Å². The van der Waals surface area contributed by atoms with Crippen LogP contribution in [0.4, 0.5) is 22.7 Å². The third-order valence-electron chi connectivity index (χ3n) is 8.41. The highest BCUT2D eigenvalue weighted by Gasteiger charge is 2.16. The van der Waals surface area contributed by atoms with Gasteiger partial charge in [-0.2, -0.15) is 0 Å². The van der Waals surface area contributed by atoms with Gasteiger partial charge in [0, 0.05) is 79.1 Å². The third-order valence-corrected chi connectivity index (χ3v) is 8.41. The summed E-state index contributed by atoms with van der Waals surface area (Å²) >= 11 is 0. The van der Waals surface area contributed by atoms with E-state index in [0.717, 1.165) is 39.8 Å². The van der Waals surface area contributed by atoms with Crippen LogP contribution in [-0.2, 0) is 4.74 Å². The van der Waals surface area contributed by atoms with Gasteiger partial charge in [-0.05, 0) is 107 Å². The van der Waals surface area contributed by atoms with E-state index in [-0.39, 0.29) is 12.2 Å². The van der Waals surface area contributed by atoms with E-state index >= 15 is 0 Å². The molecule has 4 aromatic rings. The van der Waals surface area contributed by atoms with Crippen molar-refractivity contribution in [3.63, 3.8) is 0 Å². The first-order valence-electron chi connectivity index (χ1n) is 16.2. The summed E-state index contributed by atoms with van der Waals surface area (Å²) in [5.41, 5.74) is 11.6. The molecule has 0 amide bonds. The molecule has 0 aliphatic carbocycles. The van der Waals surface area contributed by atoms with E-state index in [4.69, 9.17) is 4.74 Å². The molecule has 0 aliphatic rings. The Morgan fingerprint density at radius 1 is 0.478 bits per heavy atom. The summed E-state index contributed by atoms with van der Waals surface area (Å²) in [5.74, 6) is 0. The molecule has 0 N–H and O–H groups in total.